The van der Waals surface area contributed by atoms with E-state index in [0.717, 1.165) is 56.3 Å². The van der Waals surface area contributed by atoms with Gasteiger partial charge in [-0.05, 0) is 69.3 Å². The quantitative estimate of drug-likeness (QED) is 0.546. The molecule has 0 spiro atoms. The molecule has 2 bridgehead atoms. The normalized spacial score (nSPS) is 24.4. The molecule has 30 heavy (non-hydrogen) atoms. The number of likely N-dealkylation sites (tertiary alicyclic amines) is 1. The Morgan fingerprint density at radius 1 is 1.17 bits per heavy atom. The van der Waals surface area contributed by atoms with Gasteiger partial charge in [0.2, 0.25) is 0 Å². The molecule has 5 rings (SSSR count). The van der Waals surface area contributed by atoms with Gasteiger partial charge in [-0.2, -0.15) is 0 Å². The number of rotatable bonds is 7. The first kappa shape index (κ1) is 20.0. The molecule has 3 aliphatic rings. The second kappa shape index (κ2) is 8.66. The SMILES string of the molecule is Cc1ccc2cc(CNCCCN3C[C@@H]4C=C[C@H]3C4)c(N3CCC(O)CC3)nc2c1. The van der Waals surface area contributed by atoms with E-state index in [1.54, 1.807) is 0 Å². The van der Waals surface area contributed by atoms with Crippen LogP contribution < -0.4 is 10.2 Å². The van der Waals surface area contributed by atoms with Crippen LogP contribution in [0.5, 0.6) is 0 Å². The summed E-state index contributed by atoms with van der Waals surface area (Å²) < 4.78 is 0. The number of nitrogens with one attached hydrogen (secondary N) is 1. The highest BCUT2D eigenvalue weighted by atomic mass is 16.3. The average Bonchev–Trinajstić information content (AvgIpc) is 3.37. The van der Waals surface area contributed by atoms with Gasteiger partial charge in [0.15, 0.2) is 0 Å². The van der Waals surface area contributed by atoms with Gasteiger partial charge in [0.05, 0.1) is 11.6 Å². The molecule has 0 radical (unpaired) electrons. The van der Waals surface area contributed by atoms with Gasteiger partial charge in [-0.3, -0.25) is 4.90 Å². The van der Waals surface area contributed by atoms with E-state index in [2.05, 4.69) is 58.5 Å². The third kappa shape index (κ3) is 4.25. The average molecular weight is 407 g/mol. The van der Waals surface area contributed by atoms with E-state index in [1.165, 1.54) is 42.4 Å². The fourth-order valence-electron chi connectivity index (χ4n) is 5.28. The Labute approximate surface area is 179 Å². The van der Waals surface area contributed by atoms with E-state index in [1.807, 2.05) is 0 Å². The molecule has 1 aliphatic carbocycles. The monoisotopic (exact) mass is 406 g/mol. The third-order valence-corrected chi connectivity index (χ3v) is 7.00. The number of aromatic nitrogens is 1. The Bertz CT molecular complexity index is 919. The molecular formula is C25H34N4O. The molecule has 2 saturated heterocycles. The van der Waals surface area contributed by atoms with Crippen molar-refractivity contribution in [1.82, 2.24) is 15.2 Å². The Morgan fingerprint density at radius 3 is 2.80 bits per heavy atom. The number of aryl methyl sites for hydroxylation is 1. The van der Waals surface area contributed by atoms with Crippen molar-refractivity contribution in [2.24, 2.45) is 5.92 Å². The number of fused-ring (bicyclic) bond motifs is 3. The van der Waals surface area contributed by atoms with Crippen molar-refractivity contribution >= 4 is 16.7 Å². The predicted octanol–water partition coefficient (Wildman–Crippen LogP) is 3.24. The maximum Gasteiger partial charge on any atom is 0.133 e. The summed E-state index contributed by atoms with van der Waals surface area (Å²) >= 11 is 0. The molecule has 5 heteroatoms. The van der Waals surface area contributed by atoms with Crippen molar-refractivity contribution in [1.29, 1.82) is 0 Å². The smallest absolute Gasteiger partial charge is 0.133 e. The van der Waals surface area contributed by atoms with Crippen molar-refractivity contribution in [3.63, 3.8) is 0 Å². The maximum absolute atomic E-state index is 9.91. The van der Waals surface area contributed by atoms with E-state index in [4.69, 9.17) is 4.98 Å². The van der Waals surface area contributed by atoms with Gasteiger partial charge >= 0.3 is 0 Å². The highest BCUT2D eigenvalue weighted by molar-refractivity contribution is 5.82. The Morgan fingerprint density at radius 2 is 2.03 bits per heavy atom. The molecule has 2 aromatic rings. The third-order valence-electron chi connectivity index (χ3n) is 7.00. The van der Waals surface area contributed by atoms with Crippen molar-refractivity contribution < 1.29 is 5.11 Å². The van der Waals surface area contributed by atoms with Crippen LogP contribution in [0.4, 0.5) is 5.82 Å². The summed E-state index contributed by atoms with van der Waals surface area (Å²) in [4.78, 5) is 10.1. The van der Waals surface area contributed by atoms with Crippen LogP contribution in [0.2, 0.25) is 0 Å². The van der Waals surface area contributed by atoms with E-state index in [9.17, 15) is 5.11 Å². The molecular weight excluding hydrogens is 372 g/mol. The van der Waals surface area contributed by atoms with Crippen LogP contribution in [-0.2, 0) is 6.54 Å². The fraction of sp³-hybridized carbons (Fsp3) is 0.560. The van der Waals surface area contributed by atoms with Crippen LogP contribution in [0.25, 0.3) is 10.9 Å². The van der Waals surface area contributed by atoms with Crippen LogP contribution >= 0.6 is 0 Å². The summed E-state index contributed by atoms with van der Waals surface area (Å²) in [5.74, 6) is 1.90. The first-order valence-corrected chi connectivity index (χ1v) is 11.6. The van der Waals surface area contributed by atoms with Crippen LogP contribution in [0.3, 0.4) is 0 Å². The lowest BCUT2D eigenvalue weighted by Gasteiger charge is -2.32. The zero-order chi connectivity index (χ0) is 20.5. The van der Waals surface area contributed by atoms with E-state index in [0.29, 0.717) is 6.04 Å². The lowest BCUT2D eigenvalue weighted by molar-refractivity contribution is 0.145. The highest BCUT2D eigenvalue weighted by Crippen LogP contribution is 2.31. The standard InChI is InChI=1S/C25H34N4O/c1-18-3-5-20-15-21(16-26-9-2-10-29-17-19-4-6-22(29)14-19)25(27-24(20)13-18)28-11-7-23(30)8-12-28/h3-6,13,15,19,22-23,26,30H,2,7-12,14,16-17H2,1H3/t19-,22+/m1/s1. The Kier molecular flexibility index (Phi) is 5.77. The number of anilines is 1. The summed E-state index contributed by atoms with van der Waals surface area (Å²) in [7, 11) is 0. The number of pyridine rings is 1. The first-order valence-electron chi connectivity index (χ1n) is 11.6. The summed E-state index contributed by atoms with van der Waals surface area (Å²) in [6, 6.07) is 9.52. The maximum atomic E-state index is 9.91. The van der Waals surface area contributed by atoms with Crippen LogP contribution in [0.15, 0.2) is 36.4 Å². The van der Waals surface area contributed by atoms with Crippen molar-refractivity contribution in [3.05, 3.63) is 47.5 Å². The van der Waals surface area contributed by atoms with Gasteiger partial charge in [0.1, 0.15) is 5.82 Å². The highest BCUT2D eigenvalue weighted by Gasteiger charge is 2.32. The number of aliphatic hydroxyl groups is 1. The van der Waals surface area contributed by atoms with E-state index in [-0.39, 0.29) is 6.10 Å². The zero-order valence-electron chi connectivity index (χ0n) is 18.1. The van der Waals surface area contributed by atoms with Gasteiger partial charge in [0.25, 0.3) is 0 Å². The summed E-state index contributed by atoms with van der Waals surface area (Å²) in [5, 5.41) is 14.8. The number of hydrogen-bond donors (Lipinski definition) is 2. The topological polar surface area (TPSA) is 51.6 Å². The van der Waals surface area contributed by atoms with Gasteiger partial charge in [-0.25, -0.2) is 4.98 Å². The molecule has 2 aliphatic heterocycles. The summed E-state index contributed by atoms with van der Waals surface area (Å²) in [5.41, 5.74) is 3.58. The first-order chi connectivity index (χ1) is 14.7. The van der Waals surface area contributed by atoms with E-state index >= 15 is 0 Å². The molecule has 1 aromatic carbocycles. The second-order valence-corrected chi connectivity index (χ2v) is 9.36. The minimum Gasteiger partial charge on any atom is -0.393 e. The number of hydrogen-bond acceptors (Lipinski definition) is 5. The van der Waals surface area contributed by atoms with Crippen LogP contribution in [0.1, 0.15) is 36.8 Å². The predicted molar refractivity (Wildman–Crippen MR) is 123 cm³/mol. The molecule has 160 valence electrons. The van der Waals surface area contributed by atoms with E-state index < -0.39 is 0 Å². The Balaban J connectivity index is 1.24. The molecule has 0 amide bonds. The lowest BCUT2D eigenvalue weighted by Crippen LogP contribution is -2.37. The van der Waals surface area contributed by atoms with Crippen molar-refractivity contribution in [2.45, 2.75) is 51.3 Å². The minimum absolute atomic E-state index is 0.166. The Hall–Kier alpha value is -1.95. The molecule has 2 N–H and O–H groups in total. The lowest BCUT2D eigenvalue weighted by atomic mass is 10.1. The second-order valence-electron chi connectivity index (χ2n) is 9.36. The van der Waals surface area contributed by atoms with Gasteiger partial charge < -0.3 is 15.3 Å². The van der Waals surface area contributed by atoms with Crippen molar-refractivity contribution in [3.8, 4) is 0 Å². The number of aliphatic hydroxyl groups excluding tert-OH is 1. The zero-order valence-corrected chi connectivity index (χ0v) is 18.1. The van der Waals surface area contributed by atoms with Crippen molar-refractivity contribution in [2.75, 3.05) is 37.6 Å². The van der Waals surface area contributed by atoms with Gasteiger partial charge in [-0.15, -0.1) is 0 Å². The molecule has 3 heterocycles. The number of benzene rings is 1. The van der Waals surface area contributed by atoms with Crippen LogP contribution in [-0.4, -0.2) is 59.9 Å². The molecule has 0 saturated carbocycles. The summed E-state index contributed by atoms with van der Waals surface area (Å²) in [6.45, 7) is 8.19. The summed E-state index contributed by atoms with van der Waals surface area (Å²) in [6.07, 6.45) is 8.80. The largest absolute Gasteiger partial charge is 0.393 e. The molecule has 5 nitrogen and oxygen atoms in total. The number of nitrogens with zero attached hydrogens (tertiary/aromatic N) is 3. The molecule has 0 unspecified atom stereocenters. The molecule has 2 atom stereocenters. The fourth-order valence-corrected chi connectivity index (χ4v) is 5.28. The van der Waals surface area contributed by atoms with Gasteiger partial charge in [-0.1, -0.05) is 24.3 Å². The van der Waals surface area contributed by atoms with Gasteiger partial charge in [0, 0.05) is 43.2 Å². The number of piperidine rings is 1. The molecule has 2 fully saturated rings. The van der Waals surface area contributed by atoms with Crippen LogP contribution in [0, 0.1) is 12.8 Å². The minimum atomic E-state index is -0.166. The molecule has 1 aromatic heterocycles.